The van der Waals surface area contributed by atoms with Crippen molar-refractivity contribution in [2.45, 2.75) is 26.8 Å². The highest BCUT2D eigenvalue weighted by atomic mass is 19.1. The van der Waals surface area contributed by atoms with Gasteiger partial charge in [-0.1, -0.05) is 26.0 Å². The first-order valence-electron chi connectivity index (χ1n) is 8.86. The van der Waals surface area contributed by atoms with Crippen LogP contribution in [0.3, 0.4) is 0 Å². The SMILES string of the molecule is CCN(CC)CCCNC(=O)c1ccc(=O)n(Cc2ccc(F)cc2)n1. The van der Waals surface area contributed by atoms with Crippen LogP contribution in [0.4, 0.5) is 4.39 Å². The molecule has 0 saturated carbocycles. The molecular formula is C19H25FN4O2. The molecule has 26 heavy (non-hydrogen) atoms. The molecule has 140 valence electrons. The molecule has 1 aromatic heterocycles. The van der Waals surface area contributed by atoms with Gasteiger partial charge in [0.25, 0.3) is 11.5 Å². The molecule has 0 spiro atoms. The van der Waals surface area contributed by atoms with Crippen molar-refractivity contribution in [3.8, 4) is 0 Å². The first-order valence-corrected chi connectivity index (χ1v) is 8.86. The Hall–Kier alpha value is -2.54. The van der Waals surface area contributed by atoms with Crippen LogP contribution < -0.4 is 10.9 Å². The Bertz CT molecular complexity index is 770. The number of carbonyl (C=O) groups is 1. The number of rotatable bonds is 9. The summed E-state index contributed by atoms with van der Waals surface area (Å²) >= 11 is 0. The maximum absolute atomic E-state index is 13.0. The predicted octanol–water partition coefficient (Wildman–Crippen LogP) is 1.89. The van der Waals surface area contributed by atoms with E-state index in [1.165, 1.54) is 28.9 Å². The van der Waals surface area contributed by atoms with Crippen molar-refractivity contribution in [1.82, 2.24) is 20.0 Å². The largest absolute Gasteiger partial charge is 0.351 e. The molecule has 1 N–H and O–H groups in total. The van der Waals surface area contributed by atoms with Crippen LogP contribution in [0.15, 0.2) is 41.2 Å². The van der Waals surface area contributed by atoms with Crippen LogP contribution in [0.5, 0.6) is 0 Å². The van der Waals surface area contributed by atoms with Gasteiger partial charge in [-0.15, -0.1) is 0 Å². The summed E-state index contributed by atoms with van der Waals surface area (Å²) in [6.45, 7) is 7.84. The van der Waals surface area contributed by atoms with E-state index in [1.54, 1.807) is 12.1 Å². The van der Waals surface area contributed by atoms with Gasteiger partial charge in [-0.3, -0.25) is 9.59 Å². The molecule has 0 saturated heterocycles. The lowest BCUT2D eigenvalue weighted by Crippen LogP contribution is -2.32. The van der Waals surface area contributed by atoms with Gasteiger partial charge in [0.1, 0.15) is 11.5 Å². The Labute approximate surface area is 152 Å². The third-order valence-electron chi connectivity index (χ3n) is 4.18. The molecule has 6 nitrogen and oxygen atoms in total. The van der Waals surface area contributed by atoms with Crippen LogP contribution in [0.2, 0.25) is 0 Å². The standard InChI is InChI=1S/C19H25FN4O2/c1-3-23(4-2)13-5-12-21-19(26)17-10-11-18(25)24(22-17)14-15-6-8-16(20)9-7-15/h6-11H,3-5,12-14H2,1-2H3,(H,21,26). The molecule has 0 aliphatic rings. The zero-order chi connectivity index (χ0) is 18.9. The second kappa shape index (κ2) is 9.82. The van der Waals surface area contributed by atoms with E-state index in [0.717, 1.165) is 31.6 Å². The molecule has 0 unspecified atom stereocenters. The summed E-state index contributed by atoms with van der Waals surface area (Å²) in [6.07, 6.45) is 0.850. The lowest BCUT2D eigenvalue weighted by molar-refractivity contribution is 0.0944. The van der Waals surface area contributed by atoms with Crippen LogP contribution in [0.25, 0.3) is 0 Å². The van der Waals surface area contributed by atoms with Crippen molar-refractivity contribution >= 4 is 5.91 Å². The molecule has 1 amide bonds. The van der Waals surface area contributed by atoms with Crippen molar-refractivity contribution in [2.24, 2.45) is 0 Å². The third-order valence-corrected chi connectivity index (χ3v) is 4.18. The molecule has 2 aromatic rings. The fourth-order valence-corrected chi connectivity index (χ4v) is 2.58. The average molecular weight is 360 g/mol. The minimum absolute atomic E-state index is 0.183. The fourth-order valence-electron chi connectivity index (χ4n) is 2.58. The highest BCUT2D eigenvalue weighted by molar-refractivity contribution is 5.91. The number of hydrogen-bond donors (Lipinski definition) is 1. The second-order valence-corrected chi connectivity index (χ2v) is 5.98. The zero-order valence-corrected chi connectivity index (χ0v) is 15.2. The van der Waals surface area contributed by atoms with Gasteiger partial charge < -0.3 is 10.2 Å². The molecular weight excluding hydrogens is 335 g/mol. The monoisotopic (exact) mass is 360 g/mol. The summed E-state index contributed by atoms with van der Waals surface area (Å²) in [7, 11) is 0. The normalized spacial score (nSPS) is 10.9. The van der Waals surface area contributed by atoms with E-state index in [9.17, 15) is 14.0 Å². The zero-order valence-electron chi connectivity index (χ0n) is 15.2. The van der Waals surface area contributed by atoms with E-state index in [4.69, 9.17) is 0 Å². The smallest absolute Gasteiger partial charge is 0.271 e. The molecule has 1 aromatic carbocycles. The summed E-state index contributed by atoms with van der Waals surface area (Å²) in [5.41, 5.74) is 0.611. The van der Waals surface area contributed by atoms with Crippen molar-refractivity contribution < 1.29 is 9.18 Å². The maximum atomic E-state index is 13.0. The lowest BCUT2D eigenvalue weighted by Gasteiger charge is -2.17. The molecule has 0 radical (unpaired) electrons. The first-order chi connectivity index (χ1) is 12.5. The van der Waals surface area contributed by atoms with Crippen molar-refractivity contribution in [3.63, 3.8) is 0 Å². The number of nitrogens with zero attached hydrogens (tertiary/aromatic N) is 3. The minimum Gasteiger partial charge on any atom is -0.351 e. The fraction of sp³-hybridized carbons (Fsp3) is 0.421. The topological polar surface area (TPSA) is 67.2 Å². The van der Waals surface area contributed by atoms with Gasteiger partial charge >= 0.3 is 0 Å². The average Bonchev–Trinajstić information content (AvgIpc) is 2.65. The lowest BCUT2D eigenvalue weighted by atomic mass is 10.2. The number of aromatic nitrogens is 2. The quantitative estimate of drug-likeness (QED) is 0.694. The van der Waals surface area contributed by atoms with Crippen LogP contribution in [0, 0.1) is 5.82 Å². The second-order valence-electron chi connectivity index (χ2n) is 5.98. The summed E-state index contributed by atoms with van der Waals surface area (Å²) in [6, 6.07) is 8.57. The Balaban J connectivity index is 1.96. The molecule has 2 rings (SSSR count). The molecule has 7 heteroatoms. The van der Waals surface area contributed by atoms with E-state index in [0.29, 0.717) is 6.54 Å². The summed E-state index contributed by atoms with van der Waals surface area (Å²) < 4.78 is 14.2. The van der Waals surface area contributed by atoms with Gasteiger partial charge in [0.15, 0.2) is 0 Å². The van der Waals surface area contributed by atoms with Gasteiger partial charge in [0.2, 0.25) is 0 Å². The predicted molar refractivity (Wildman–Crippen MR) is 98.7 cm³/mol. The number of carbonyl (C=O) groups excluding carboxylic acids is 1. The van der Waals surface area contributed by atoms with Crippen molar-refractivity contribution in [2.75, 3.05) is 26.2 Å². The van der Waals surface area contributed by atoms with E-state index >= 15 is 0 Å². The van der Waals surface area contributed by atoms with E-state index in [-0.39, 0.29) is 29.5 Å². The molecule has 0 aliphatic carbocycles. The van der Waals surface area contributed by atoms with Gasteiger partial charge in [0.05, 0.1) is 6.54 Å². The Morgan fingerprint density at radius 2 is 1.85 bits per heavy atom. The van der Waals surface area contributed by atoms with Crippen LogP contribution in [0.1, 0.15) is 36.3 Å². The molecule has 0 atom stereocenters. The van der Waals surface area contributed by atoms with Crippen LogP contribution in [-0.4, -0.2) is 46.8 Å². The maximum Gasteiger partial charge on any atom is 0.271 e. The van der Waals surface area contributed by atoms with E-state index in [1.807, 2.05) is 0 Å². The van der Waals surface area contributed by atoms with Gasteiger partial charge in [-0.25, -0.2) is 9.07 Å². The third kappa shape index (κ3) is 5.77. The van der Waals surface area contributed by atoms with Crippen molar-refractivity contribution in [1.29, 1.82) is 0 Å². The number of hydrogen-bond acceptors (Lipinski definition) is 4. The molecule has 0 fully saturated rings. The van der Waals surface area contributed by atoms with E-state index in [2.05, 4.69) is 29.2 Å². The minimum atomic E-state index is -0.341. The summed E-state index contributed by atoms with van der Waals surface area (Å²) in [5, 5.41) is 6.95. The summed E-state index contributed by atoms with van der Waals surface area (Å²) in [5.74, 6) is -0.649. The molecule has 1 heterocycles. The van der Waals surface area contributed by atoms with Crippen LogP contribution >= 0.6 is 0 Å². The highest BCUT2D eigenvalue weighted by Crippen LogP contribution is 2.04. The van der Waals surface area contributed by atoms with E-state index < -0.39 is 0 Å². The summed E-state index contributed by atoms with van der Waals surface area (Å²) in [4.78, 5) is 26.5. The number of halogens is 1. The Kier molecular flexibility index (Phi) is 7.47. The Morgan fingerprint density at radius 3 is 2.50 bits per heavy atom. The first kappa shape index (κ1) is 19.8. The number of amides is 1. The van der Waals surface area contributed by atoms with Crippen molar-refractivity contribution in [3.05, 3.63) is 63.8 Å². The van der Waals surface area contributed by atoms with Gasteiger partial charge in [-0.2, -0.15) is 5.10 Å². The molecule has 0 bridgehead atoms. The molecule has 0 aliphatic heterocycles. The Morgan fingerprint density at radius 1 is 1.15 bits per heavy atom. The number of benzene rings is 1. The van der Waals surface area contributed by atoms with Crippen LogP contribution in [-0.2, 0) is 6.54 Å². The van der Waals surface area contributed by atoms with Gasteiger partial charge in [-0.05, 0) is 49.8 Å². The highest BCUT2D eigenvalue weighted by Gasteiger charge is 2.10. The number of nitrogens with one attached hydrogen (secondary N) is 1. The van der Waals surface area contributed by atoms with Gasteiger partial charge in [0, 0.05) is 12.6 Å².